The molecule has 76 valence electrons. The Morgan fingerprint density at radius 2 is 1.92 bits per heavy atom. The van der Waals surface area contributed by atoms with E-state index in [1.807, 2.05) is 0 Å². The van der Waals surface area contributed by atoms with Gasteiger partial charge >= 0.3 is 0 Å². The first-order chi connectivity index (χ1) is 6.07. The Labute approximate surface area is 79.1 Å². The second kappa shape index (κ2) is 6.60. The minimum Gasteiger partial charge on any atom is -0.356 e. The molecule has 0 aromatic heterocycles. The lowest BCUT2D eigenvalue weighted by Gasteiger charge is -2.11. The van der Waals surface area contributed by atoms with Gasteiger partial charge in [-0.25, -0.2) is 0 Å². The van der Waals surface area contributed by atoms with Gasteiger partial charge in [0.1, 0.15) is 5.78 Å². The van der Waals surface area contributed by atoms with Gasteiger partial charge in [0.05, 0.1) is 6.04 Å². The van der Waals surface area contributed by atoms with Crippen molar-refractivity contribution < 1.29 is 9.59 Å². The van der Waals surface area contributed by atoms with Gasteiger partial charge in [-0.3, -0.25) is 9.59 Å². The van der Waals surface area contributed by atoms with Gasteiger partial charge in [-0.05, 0) is 26.8 Å². The monoisotopic (exact) mass is 186 g/mol. The third kappa shape index (κ3) is 6.28. The Balaban J connectivity index is 3.50. The van der Waals surface area contributed by atoms with E-state index in [-0.39, 0.29) is 17.7 Å². The first-order valence-corrected chi connectivity index (χ1v) is 4.50. The van der Waals surface area contributed by atoms with Gasteiger partial charge in [-0.1, -0.05) is 0 Å². The third-order valence-electron chi connectivity index (χ3n) is 1.88. The fourth-order valence-corrected chi connectivity index (χ4v) is 1.12. The summed E-state index contributed by atoms with van der Waals surface area (Å²) < 4.78 is 0. The van der Waals surface area contributed by atoms with Crippen LogP contribution in [0.25, 0.3) is 0 Å². The first-order valence-electron chi connectivity index (χ1n) is 4.50. The van der Waals surface area contributed by atoms with Crippen molar-refractivity contribution in [3.8, 4) is 0 Å². The van der Waals surface area contributed by atoms with Gasteiger partial charge in [-0.15, -0.1) is 0 Å². The summed E-state index contributed by atoms with van der Waals surface area (Å²) in [5, 5.41) is 5.61. The first kappa shape index (κ1) is 12.1. The normalized spacial score (nSPS) is 12.2. The quantitative estimate of drug-likeness (QED) is 0.578. The average Bonchev–Trinajstić information content (AvgIpc) is 2.03. The molecule has 0 spiro atoms. The summed E-state index contributed by atoms with van der Waals surface area (Å²) in [6.45, 7) is 3.70. The Bertz CT molecular complexity index is 180. The minimum atomic E-state index is -0.0752. The number of carbonyl (C=O) groups excluding carboxylic acids is 2. The van der Waals surface area contributed by atoms with Crippen molar-refractivity contribution in [2.45, 2.75) is 32.7 Å². The molecule has 4 nitrogen and oxygen atoms in total. The maximum atomic E-state index is 11.0. The zero-order chi connectivity index (χ0) is 10.3. The number of hydrogen-bond acceptors (Lipinski definition) is 3. The maximum absolute atomic E-state index is 11.0. The molecule has 0 fully saturated rings. The SMILES string of the molecule is CN[C@@H](CCCNC(C)=O)C(C)=O. The summed E-state index contributed by atoms with van der Waals surface area (Å²) in [7, 11) is 1.77. The molecule has 0 radical (unpaired) electrons. The number of hydrogen-bond donors (Lipinski definition) is 2. The second-order valence-electron chi connectivity index (χ2n) is 3.08. The van der Waals surface area contributed by atoms with Crippen LogP contribution in [0.5, 0.6) is 0 Å². The highest BCUT2D eigenvalue weighted by Gasteiger charge is 2.09. The topological polar surface area (TPSA) is 58.2 Å². The van der Waals surface area contributed by atoms with E-state index in [0.29, 0.717) is 6.54 Å². The van der Waals surface area contributed by atoms with Crippen molar-refractivity contribution in [3.63, 3.8) is 0 Å². The molecule has 2 N–H and O–H groups in total. The average molecular weight is 186 g/mol. The molecular formula is C9H18N2O2. The van der Waals surface area contributed by atoms with E-state index in [1.165, 1.54) is 6.92 Å². The Kier molecular flexibility index (Phi) is 6.14. The Hall–Kier alpha value is -0.900. The van der Waals surface area contributed by atoms with Crippen LogP contribution in [0.3, 0.4) is 0 Å². The van der Waals surface area contributed by atoms with Crippen LogP contribution < -0.4 is 10.6 Å². The Morgan fingerprint density at radius 1 is 1.31 bits per heavy atom. The molecule has 0 aliphatic carbocycles. The number of rotatable bonds is 6. The molecular weight excluding hydrogens is 168 g/mol. The number of carbonyl (C=O) groups is 2. The predicted molar refractivity (Wildman–Crippen MR) is 51.4 cm³/mol. The lowest BCUT2D eigenvalue weighted by atomic mass is 10.1. The molecule has 0 saturated carbocycles. The van der Waals surface area contributed by atoms with Gasteiger partial charge < -0.3 is 10.6 Å². The van der Waals surface area contributed by atoms with Gasteiger partial charge in [0, 0.05) is 13.5 Å². The molecule has 0 rings (SSSR count). The number of nitrogens with one attached hydrogen (secondary N) is 2. The highest BCUT2D eigenvalue weighted by Crippen LogP contribution is 1.96. The van der Waals surface area contributed by atoms with Crippen molar-refractivity contribution in [2.75, 3.05) is 13.6 Å². The molecule has 0 bridgehead atoms. The zero-order valence-corrected chi connectivity index (χ0v) is 8.52. The molecule has 4 heteroatoms. The largest absolute Gasteiger partial charge is 0.356 e. The van der Waals surface area contributed by atoms with Crippen LogP contribution in [0, 0.1) is 0 Å². The molecule has 0 aromatic rings. The molecule has 0 heterocycles. The number of ketones is 1. The van der Waals surface area contributed by atoms with Crippen LogP contribution in [0.1, 0.15) is 26.7 Å². The molecule has 13 heavy (non-hydrogen) atoms. The van der Waals surface area contributed by atoms with Gasteiger partial charge in [-0.2, -0.15) is 0 Å². The van der Waals surface area contributed by atoms with Crippen molar-refractivity contribution in [3.05, 3.63) is 0 Å². The highest BCUT2D eigenvalue weighted by atomic mass is 16.1. The molecule has 0 aliphatic heterocycles. The lowest BCUT2D eigenvalue weighted by molar-refractivity contribution is -0.119. The molecule has 0 unspecified atom stereocenters. The maximum Gasteiger partial charge on any atom is 0.216 e. The summed E-state index contributed by atoms with van der Waals surface area (Å²) in [6, 6.07) is -0.0752. The fourth-order valence-electron chi connectivity index (χ4n) is 1.12. The van der Waals surface area contributed by atoms with Crippen LogP contribution in [-0.4, -0.2) is 31.3 Å². The summed E-state index contributed by atoms with van der Waals surface area (Å²) >= 11 is 0. The van der Waals surface area contributed by atoms with Crippen LogP contribution in [0.15, 0.2) is 0 Å². The van der Waals surface area contributed by atoms with E-state index in [9.17, 15) is 9.59 Å². The third-order valence-corrected chi connectivity index (χ3v) is 1.88. The van der Waals surface area contributed by atoms with Crippen LogP contribution >= 0.6 is 0 Å². The predicted octanol–water partition coefficient (Wildman–Crippen LogP) is 0.0797. The smallest absolute Gasteiger partial charge is 0.216 e. The second-order valence-corrected chi connectivity index (χ2v) is 3.08. The van der Waals surface area contributed by atoms with E-state index in [0.717, 1.165) is 12.8 Å². The van der Waals surface area contributed by atoms with E-state index >= 15 is 0 Å². The Morgan fingerprint density at radius 3 is 2.31 bits per heavy atom. The summed E-state index contributed by atoms with van der Waals surface area (Å²) in [5.74, 6) is 0.120. The van der Waals surface area contributed by atoms with E-state index < -0.39 is 0 Å². The molecule has 1 atom stereocenters. The van der Waals surface area contributed by atoms with Gasteiger partial charge in [0.25, 0.3) is 0 Å². The highest BCUT2D eigenvalue weighted by molar-refractivity contribution is 5.81. The number of likely N-dealkylation sites (N-methyl/N-ethyl adjacent to an activating group) is 1. The van der Waals surface area contributed by atoms with Crippen LogP contribution in [0.4, 0.5) is 0 Å². The van der Waals surface area contributed by atoms with Gasteiger partial charge in [0.2, 0.25) is 5.91 Å². The van der Waals surface area contributed by atoms with Crippen molar-refractivity contribution >= 4 is 11.7 Å². The summed E-state index contributed by atoms with van der Waals surface area (Å²) in [4.78, 5) is 21.5. The summed E-state index contributed by atoms with van der Waals surface area (Å²) in [5.41, 5.74) is 0. The van der Waals surface area contributed by atoms with E-state index in [4.69, 9.17) is 0 Å². The van der Waals surface area contributed by atoms with Crippen molar-refractivity contribution in [2.24, 2.45) is 0 Å². The van der Waals surface area contributed by atoms with E-state index in [1.54, 1.807) is 14.0 Å². The lowest BCUT2D eigenvalue weighted by Crippen LogP contribution is -2.33. The number of Topliss-reactive ketones (excluding diaryl/α,β-unsaturated/α-hetero) is 1. The molecule has 0 saturated heterocycles. The zero-order valence-electron chi connectivity index (χ0n) is 8.52. The van der Waals surface area contributed by atoms with Crippen molar-refractivity contribution in [1.29, 1.82) is 0 Å². The number of amides is 1. The van der Waals surface area contributed by atoms with Crippen LogP contribution in [0.2, 0.25) is 0 Å². The standard InChI is InChI=1S/C9H18N2O2/c1-7(12)9(10-3)5-4-6-11-8(2)13/h9-10H,4-6H2,1-3H3,(H,11,13)/t9-/m0/s1. The summed E-state index contributed by atoms with van der Waals surface area (Å²) in [6.07, 6.45) is 1.59. The molecule has 0 aliphatic rings. The fraction of sp³-hybridized carbons (Fsp3) is 0.778. The van der Waals surface area contributed by atoms with Gasteiger partial charge in [0.15, 0.2) is 0 Å². The minimum absolute atomic E-state index is 0.0242. The van der Waals surface area contributed by atoms with Crippen LogP contribution in [-0.2, 0) is 9.59 Å². The molecule has 1 amide bonds. The van der Waals surface area contributed by atoms with Crippen molar-refractivity contribution in [1.82, 2.24) is 10.6 Å². The molecule has 0 aromatic carbocycles. The van der Waals surface area contributed by atoms with E-state index in [2.05, 4.69) is 10.6 Å².